The van der Waals surface area contributed by atoms with E-state index in [1.165, 1.54) is 19.2 Å². The van der Waals surface area contributed by atoms with E-state index in [9.17, 15) is 22.4 Å². The third-order valence-corrected chi connectivity index (χ3v) is 5.59. The zero-order valence-electron chi connectivity index (χ0n) is 15.3. The van der Waals surface area contributed by atoms with Crippen LogP contribution in [-0.4, -0.2) is 50.7 Å². The predicted octanol–water partition coefficient (Wildman–Crippen LogP) is 1.26. The molecule has 0 bridgehead atoms. The Kier molecular flexibility index (Phi) is 8.67. The fraction of sp³-hybridized carbons (Fsp3) is 0.529. The van der Waals surface area contributed by atoms with Crippen molar-refractivity contribution in [3.63, 3.8) is 0 Å². The average molecular weight is 387 g/mol. The second-order valence-electron chi connectivity index (χ2n) is 5.96. The van der Waals surface area contributed by atoms with Crippen LogP contribution in [0.15, 0.2) is 29.2 Å². The van der Waals surface area contributed by atoms with Crippen molar-refractivity contribution >= 4 is 21.8 Å². The first-order chi connectivity index (χ1) is 12.2. The third kappa shape index (κ3) is 6.72. The van der Waals surface area contributed by atoms with Crippen LogP contribution in [0.1, 0.15) is 33.1 Å². The quantitative estimate of drug-likeness (QED) is 0.632. The van der Waals surface area contributed by atoms with Crippen LogP contribution >= 0.6 is 0 Å². The number of hydrogen-bond donors (Lipinski definition) is 2. The van der Waals surface area contributed by atoms with E-state index in [2.05, 4.69) is 10.6 Å². The van der Waals surface area contributed by atoms with Crippen molar-refractivity contribution < 1.29 is 22.4 Å². The van der Waals surface area contributed by atoms with Crippen molar-refractivity contribution in [2.75, 3.05) is 20.1 Å². The molecular weight excluding hydrogens is 361 g/mol. The number of carbonyl (C=O) groups excluding carboxylic acids is 2. The van der Waals surface area contributed by atoms with E-state index in [1.54, 1.807) is 6.92 Å². The maximum absolute atomic E-state index is 12.9. The molecule has 1 aromatic rings. The van der Waals surface area contributed by atoms with Gasteiger partial charge in [-0.15, -0.1) is 0 Å². The van der Waals surface area contributed by atoms with Crippen molar-refractivity contribution in [3.05, 3.63) is 30.1 Å². The van der Waals surface area contributed by atoms with E-state index in [0.717, 1.165) is 22.9 Å². The fourth-order valence-corrected chi connectivity index (χ4v) is 3.36. The molecule has 0 aliphatic rings. The Labute approximate surface area is 154 Å². The van der Waals surface area contributed by atoms with Crippen LogP contribution in [0.25, 0.3) is 0 Å². The van der Waals surface area contributed by atoms with E-state index in [4.69, 9.17) is 0 Å². The van der Waals surface area contributed by atoms with E-state index in [-0.39, 0.29) is 29.7 Å². The van der Waals surface area contributed by atoms with Crippen molar-refractivity contribution in [1.82, 2.24) is 14.9 Å². The highest BCUT2D eigenvalue weighted by molar-refractivity contribution is 7.89. The highest BCUT2D eigenvalue weighted by Gasteiger charge is 2.21. The van der Waals surface area contributed by atoms with E-state index in [0.29, 0.717) is 13.0 Å². The van der Waals surface area contributed by atoms with Crippen molar-refractivity contribution in [2.24, 2.45) is 0 Å². The Bertz CT molecular complexity index is 707. The summed E-state index contributed by atoms with van der Waals surface area (Å²) in [6, 6.07) is 3.92. The SMILES string of the molecule is CCCNC(=O)C(C)NC(=O)CCCN(C)S(=O)(=O)c1ccc(F)cc1. The van der Waals surface area contributed by atoms with Crippen LogP contribution in [0.5, 0.6) is 0 Å². The molecule has 0 aromatic heterocycles. The van der Waals surface area contributed by atoms with Crippen LogP contribution < -0.4 is 10.6 Å². The van der Waals surface area contributed by atoms with Gasteiger partial charge in [0.25, 0.3) is 0 Å². The van der Waals surface area contributed by atoms with Gasteiger partial charge in [0.2, 0.25) is 21.8 Å². The number of halogens is 1. The monoisotopic (exact) mass is 387 g/mol. The van der Waals surface area contributed by atoms with E-state index < -0.39 is 21.9 Å². The first-order valence-electron chi connectivity index (χ1n) is 8.47. The Balaban J connectivity index is 2.45. The molecule has 0 radical (unpaired) electrons. The topological polar surface area (TPSA) is 95.6 Å². The standard InChI is InChI=1S/C17H26FN3O4S/c1-4-11-19-17(23)13(2)20-16(22)6-5-12-21(3)26(24,25)15-9-7-14(18)8-10-15/h7-10,13H,4-6,11-12H2,1-3H3,(H,19,23)(H,20,22). The van der Waals surface area contributed by atoms with Crippen molar-refractivity contribution in [1.29, 1.82) is 0 Å². The van der Waals surface area contributed by atoms with Gasteiger partial charge in [-0.25, -0.2) is 17.1 Å². The summed E-state index contributed by atoms with van der Waals surface area (Å²) in [6.45, 7) is 4.20. The van der Waals surface area contributed by atoms with Gasteiger partial charge in [0.15, 0.2) is 0 Å². The van der Waals surface area contributed by atoms with Gasteiger partial charge < -0.3 is 10.6 Å². The number of nitrogens with zero attached hydrogens (tertiary/aromatic N) is 1. The summed E-state index contributed by atoms with van der Waals surface area (Å²) in [5.74, 6) is -1.09. The molecule has 146 valence electrons. The number of sulfonamides is 1. The highest BCUT2D eigenvalue weighted by Crippen LogP contribution is 2.15. The van der Waals surface area contributed by atoms with Crippen LogP contribution in [0.4, 0.5) is 4.39 Å². The van der Waals surface area contributed by atoms with Gasteiger partial charge in [-0.2, -0.15) is 0 Å². The number of amides is 2. The lowest BCUT2D eigenvalue weighted by Gasteiger charge is -2.17. The number of benzene rings is 1. The molecule has 0 heterocycles. The number of nitrogens with one attached hydrogen (secondary N) is 2. The van der Waals surface area contributed by atoms with Gasteiger partial charge >= 0.3 is 0 Å². The minimum absolute atomic E-state index is 0.00734. The largest absolute Gasteiger partial charge is 0.354 e. The third-order valence-electron chi connectivity index (χ3n) is 3.72. The second kappa shape index (κ2) is 10.2. The zero-order chi connectivity index (χ0) is 19.7. The van der Waals surface area contributed by atoms with E-state index >= 15 is 0 Å². The summed E-state index contributed by atoms with van der Waals surface area (Å²) in [4.78, 5) is 23.6. The Hall–Kier alpha value is -2.00. The van der Waals surface area contributed by atoms with Crippen LogP contribution in [0, 0.1) is 5.82 Å². The molecule has 2 amide bonds. The lowest BCUT2D eigenvalue weighted by atomic mass is 10.2. The maximum Gasteiger partial charge on any atom is 0.242 e. The number of carbonyl (C=O) groups is 2. The molecule has 0 fully saturated rings. The van der Waals surface area contributed by atoms with Crippen molar-refractivity contribution in [3.8, 4) is 0 Å². The normalized spacial score (nSPS) is 12.7. The summed E-state index contributed by atoms with van der Waals surface area (Å²) in [5, 5.41) is 5.26. The zero-order valence-corrected chi connectivity index (χ0v) is 16.1. The molecule has 2 N–H and O–H groups in total. The van der Waals surface area contributed by atoms with E-state index in [1.807, 2.05) is 6.92 Å². The first-order valence-corrected chi connectivity index (χ1v) is 9.91. The molecule has 7 nitrogen and oxygen atoms in total. The van der Waals surface area contributed by atoms with Crippen LogP contribution in [-0.2, 0) is 19.6 Å². The maximum atomic E-state index is 12.9. The average Bonchev–Trinajstić information content (AvgIpc) is 2.59. The molecule has 0 saturated heterocycles. The molecule has 26 heavy (non-hydrogen) atoms. The van der Waals surface area contributed by atoms with Gasteiger partial charge in [0.1, 0.15) is 11.9 Å². The molecular formula is C17H26FN3O4S. The van der Waals surface area contributed by atoms with Gasteiger partial charge in [-0.05, 0) is 44.0 Å². The molecule has 1 atom stereocenters. The summed E-state index contributed by atoms with van der Waals surface area (Å²) in [5.41, 5.74) is 0. The molecule has 1 aromatic carbocycles. The number of rotatable bonds is 10. The summed E-state index contributed by atoms with van der Waals surface area (Å²) < 4.78 is 38.7. The molecule has 1 unspecified atom stereocenters. The van der Waals surface area contributed by atoms with Crippen LogP contribution in [0.2, 0.25) is 0 Å². The Morgan fingerprint density at radius 2 is 1.85 bits per heavy atom. The lowest BCUT2D eigenvalue weighted by Crippen LogP contribution is -2.45. The van der Waals surface area contributed by atoms with Gasteiger partial charge in [-0.3, -0.25) is 9.59 Å². The van der Waals surface area contributed by atoms with Crippen LogP contribution in [0.3, 0.4) is 0 Å². The minimum Gasteiger partial charge on any atom is -0.354 e. The summed E-state index contributed by atoms with van der Waals surface area (Å²) in [6.07, 6.45) is 1.20. The molecule has 9 heteroatoms. The molecule has 0 spiro atoms. The highest BCUT2D eigenvalue weighted by atomic mass is 32.2. The van der Waals surface area contributed by atoms with Gasteiger partial charge in [0, 0.05) is 26.6 Å². The van der Waals surface area contributed by atoms with Gasteiger partial charge in [-0.1, -0.05) is 6.92 Å². The Morgan fingerprint density at radius 1 is 1.23 bits per heavy atom. The summed E-state index contributed by atoms with van der Waals surface area (Å²) >= 11 is 0. The van der Waals surface area contributed by atoms with Crippen molar-refractivity contribution in [2.45, 2.75) is 44.0 Å². The minimum atomic E-state index is -3.73. The fourth-order valence-electron chi connectivity index (χ4n) is 2.15. The molecule has 0 aliphatic heterocycles. The Morgan fingerprint density at radius 3 is 2.42 bits per heavy atom. The number of hydrogen-bond acceptors (Lipinski definition) is 4. The predicted molar refractivity (Wildman–Crippen MR) is 96.4 cm³/mol. The van der Waals surface area contributed by atoms with Gasteiger partial charge in [0.05, 0.1) is 4.90 Å². The molecule has 0 saturated carbocycles. The smallest absolute Gasteiger partial charge is 0.242 e. The summed E-state index contributed by atoms with van der Waals surface area (Å²) in [7, 11) is -2.33. The lowest BCUT2D eigenvalue weighted by molar-refractivity contribution is -0.128. The first kappa shape index (κ1) is 22.0. The molecule has 1 rings (SSSR count). The second-order valence-corrected chi connectivity index (χ2v) is 8.01. The molecule has 0 aliphatic carbocycles.